The molecule has 3 heteroatoms. The Balaban J connectivity index is 1.61. The number of hydrogen-bond acceptors (Lipinski definition) is 2. The minimum Gasteiger partial charge on any atom is -0.368 e. The number of nitrogens with one attached hydrogen (secondary N) is 1. The maximum atomic E-state index is 11.6. The standard InChI is InChI=1S/C14H19NO2/c16-14(13-9-5-11-17-13)15-10-4-8-12-6-2-1-3-7-12/h1-3,6-7,13H,4-5,8-11H2,(H,15,16)/t13-/m1/s1. The van der Waals surface area contributed by atoms with E-state index < -0.39 is 0 Å². The molecule has 3 nitrogen and oxygen atoms in total. The van der Waals surface area contributed by atoms with Gasteiger partial charge in [0.2, 0.25) is 5.91 Å². The number of ether oxygens (including phenoxy) is 1. The topological polar surface area (TPSA) is 38.3 Å². The van der Waals surface area contributed by atoms with E-state index in [0.717, 1.165) is 38.8 Å². The van der Waals surface area contributed by atoms with Crippen molar-refractivity contribution in [2.45, 2.75) is 31.8 Å². The molecule has 0 aliphatic carbocycles. The summed E-state index contributed by atoms with van der Waals surface area (Å²) in [5.41, 5.74) is 1.32. The van der Waals surface area contributed by atoms with Gasteiger partial charge in [0.05, 0.1) is 0 Å². The van der Waals surface area contributed by atoms with Crippen molar-refractivity contribution in [1.82, 2.24) is 5.32 Å². The molecule has 2 rings (SSSR count). The minimum atomic E-state index is -0.202. The van der Waals surface area contributed by atoms with Crippen LogP contribution in [0.3, 0.4) is 0 Å². The molecule has 1 amide bonds. The van der Waals surface area contributed by atoms with Gasteiger partial charge in [-0.2, -0.15) is 0 Å². The molecule has 0 unspecified atom stereocenters. The largest absolute Gasteiger partial charge is 0.368 e. The third-order valence-corrected chi connectivity index (χ3v) is 3.01. The smallest absolute Gasteiger partial charge is 0.249 e. The Morgan fingerprint density at radius 3 is 2.88 bits per heavy atom. The van der Waals surface area contributed by atoms with Crippen molar-refractivity contribution in [3.05, 3.63) is 35.9 Å². The van der Waals surface area contributed by atoms with Gasteiger partial charge in [0, 0.05) is 13.2 Å². The van der Waals surface area contributed by atoms with Crippen LogP contribution >= 0.6 is 0 Å². The molecular formula is C14H19NO2. The van der Waals surface area contributed by atoms with Crippen LogP contribution in [-0.2, 0) is 16.0 Å². The summed E-state index contributed by atoms with van der Waals surface area (Å²) in [6.45, 7) is 1.45. The molecule has 17 heavy (non-hydrogen) atoms. The maximum Gasteiger partial charge on any atom is 0.249 e. The zero-order valence-corrected chi connectivity index (χ0v) is 10.0. The van der Waals surface area contributed by atoms with Crippen molar-refractivity contribution in [2.24, 2.45) is 0 Å². The fourth-order valence-electron chi connectivity index (χ4n) is 2.05. The summed E-state index contributed by atoms with van der Waals surface area (Å²) < 4.78 is 5.32. The fraction of sp³-hybridized carbons (Fsp3) is 0.500. The SMILES string of the molecule is O=C(NCCCc1ccccc1)[C@H]1CCCO1. The number of hydrogen-bond donors (Lipinski definition) is 1. The van der Waals surface area contributed by atoms with Crippen LogP contribution in [0, 0.1) is 0 Å². The van der Waals surface area contributed by atoms with E-state index in [4.69, 9.17) is 4.74 Å². The molecule has 0 radical (unpaired) electrons. The van der Waals surface area contributed by atoms with Crippen LogP contribution in [0.5, 0.6) is 0 Å². The Morgan fingerprint density at radius 1 is 1.35 bits per heavy atom. The van der Waals surface area contributed by atoms with E-state index >= 15 is 0 Å². The molecule has 1 aromatic rings. The Kier molecular flexibility index (Phi) is 4.56. The minimum absolute atomic E-state index is 0.0514. The summed E-state index contributed by atoms with van der Waals surface area (Å²) in [5.74, 6) is 0.0514. The predicted octanol–water partition coefficient (Wildman–Crippen LogP) is 1.91. The zero-order chi connectivity index (χ0) is 11.9. The maximum absolute atomic E-state index is 11.6. The van der Waals surface area contributed by atoms with Crippen molar-refractivity contribution in [3.8, 4) is 0 Å². The first-order chi connectivity index (χ1) is 8.36. The molecule has 1 aliphatic heterocycles. The first-order valence-corrected chi connectivity index (χ1v) is 6.29. The highest BCUT2D eigenvalue weighted by atomic mass is 16.5. The highest BCUT2D eigenvalue weighted by Crippen LogP contribution is 2.11. The molecule has 0 bridgehead atoms. The number of rotatable bonds is 5. The van der Waals surface area contributed by atoms with E-state index in [1.54, 1.807) is 0 Å². The van der Waals surface area contributed by atoms with E-state index in [1.165, 1.54) is 5.56 Å². The Morgan fingerprint density at radius 2 is 2.18 bits per heavy atom. The second-order valence-corrected chi connectivity index (χ2v) is 4.38. The Bertz CT molecular complexity index is 344. The van der Waals surface area contributed by atoms with Crippen LogP contribution in [0.4, 0.5) is 0 Å². The average molecular weight is 233 g/mol. The molecule has 0 aromatic heterocycles. The summed E-state index contributed by atoms with van der Waals surface area (Å²) in [5, 5.41) is 2.93. The Labute approximate surface area is 102 Å². The fourth-order valence-corrected chi connectivity index (χ4v) is 2.05. The first-order valence-electron chi connectivity index (χ1n) is 6.29. The monoisotopic (exact) mass is 233 g/mol. The summed E-state index contributed by atoms with van der Waals surface area (Å²) in [4.78, 5) is 11.6. The van der Waals surface area contributed by atoms with Crippen molar-refractivity contribution < 1.29 is 9.53 Å². The Hall–Kier alpha value is -1.35. The second-order valence-electron chi connectivity index (χ2n) is 4.38. The van der Waals surface area contributed by atoms with Gasteiger partial charge in [0.1, 0.15) is 6.10 Å². The van der Waals surface area contributed by atoms with Crippen molar-refractivity contribution in [3.63, 3.8) is 0 Å². The van der Waals surface area contributed by atoms with E-state index in [0.29, 0.717) is 0 Å². The lowest BCUT2D eigenvalue weighted by Crippen LogP contribution is -2.34. The molecule has 92 valence electrons. The first kappa shape index (κ1) is 12.1. The molecule has 0 spiro atoms. The number of aryl methyl sites for hydroxylation is 1. The van der Waals surface area contributed by atoms with Gasteiger partial charge in [-0.3, -0.25) is 4.79 Å². The van der Waals surface area contributed by atoms with Gasteiger partial charge >= 0.3 is 0 Å². The number of carbonyl (C=O) groups is 1. The highest BCUT2D eigenvalue weighted by molar-refractivity contribution is 5.80. The third kappa shape index (κ3) is 3.86. The van der Waals surface area contributed by atoms with Crippen molar-refractivity contribution >= 4 is 5.91 Å². The molecule has 1 fully saturated rings. The molecule has 1 saturated heterocycles. The molecule has 0 saturated carbocycles. The van der Waals surface area contributed by atoms with Crippen LogP contribution in [0.2, 0.25) is 0 Å². The predicted molar refractivity (Wildman–Crippen MR) is 66.7 cm³/mol. The molecule has 1 N–H and O–H groups in total. The molecular weight excluding hydrogens is 214 g/mol. The lowest BCUT2D eigenvalue weighted by Gasteiger charge is -2.10. The summed E-state index contributed by atoms with van der Waals surface area (Å²) in [6, 6.07) is 10.3. The van der Waals surface area contributed by atoms with Gasteiger partial charge in [-0.05, 0) is 31.2 Å². The number of amides is 1. The normalized spacial score (nSPS) is 19.2. The van der Waals surface area contributed by atoms with E-state index in [-0.39, 0.29) is 12.0 Å². The third-order valence-electron chi connectivity index (χ3n) is 3.01. The summed E-state index contributed by atoms with van der Waals surface area (Å²) >= 11 is 0. The average Bonchev–Trinajstić information content (AvgIpc) is 2.89. The van der Waals surface area contributed by atoms with E-state index in [9.17, 15) is 4.79 Å². The number of benzene rings is 1. The molecule has 1 aromatic carbocycles. The lowest BCUT2D eigenvalue weighted by molar-refractivity contribution is -0.130. The molecule has 1 heterocycles. The summed E-state index contributed by atoms with van der Waals surface area (Å²) in [6.07, 6.45) is 3.65. The van der Waals surface area contributed by atoms with Gasteiger partial charge in [-0.25, -0.2) is 0 Å². The van der Waals surface area contributed by atoms with Crippen LogP contribution in [0.15, 0.2) is 30.3 Å². The molecule has 1 aliphatic rings. The highest BCUT2D eigenvalue weighted by Gasteiger charge is 2.22. The second kappa shape index (κ2) is 6.40. The van der Waals surface area contributed by atoms with E-state index in [1.807, 2.05) is 18.2 Å². The van der Waals surface area contributed by atoms with E-state index in [2.05, 4.69) is 17.4 Å². The van der Waals surface area contributed by atoms with Gasteiger partial charge in [-0.15, -0.1) is 0 Å². The van der Waals surface area contributed by atoms with Gasteiger partial charge in [0.15, 0.2) is 0 Å². The summed E-state index contributed by atoms with van der Waals surface area (Å²) in [7, 11) is 0. The quantitative estimate of drug-likeness (QED) is 0.789. The van der Waals surface area contributed by atoms with Crippen molar-refractivity contribution in [1.29, 1.82) is 0 Å². The number of carbonyl (C=O) groups excluding carboxylic acids is 1. The van der Waals surface area contributed by atoms with Crippen LogP contribution in [-0.4, -0.2) is 25.2 Å². The lowest BCUT2D eigenvalue weighted by atomic mass is 10.1. The van der Waals surface area contributed by atoms with Gasteiger partial charge in [-0.1, -0.05) is 30.3 Å². The zero-order valence-electron chi connectivity index (χ0n) is 10.0. The van der Waals surface area contributed by atoms with Gasteiger partial charge < -0.3 is 10.1 Å². The molecule has 1 atom stereocenters. The van der Waals surface area contributed by atoms with Crippen molar-refractivity contribution in [2.75, 3.05) is 13.2 Å². The van der Waals surface area contributed by atoms with Gasteiger partial charge in [0.25, 0.3) is 0 Å². The van der Waals surface area contributed by atoms with Crippen LogP contribution in [0.1, 0.15) is 24.8 Å². The van der Waals surface area contributed by atoms with Crippen LogP contribution < -0.4 is 5.32 Å². The van der Waals surface area contributed by atoms with Crippen LogP contribution in [0.25, 0.3) is 0 Å².